The number of methoxy groups -OCH3 is 1. The zero-order chi connectivity index (χ0) is 17.0. The van der Waals surface area contributed by atoms with Crippen molar-refractivity contribution in [2.45, 2.75) is 58.0 Å². The molecule has 0 spiro atoms. The van der Waals surface area contributed by atoms with E-state index in [0.29, 0.717) is 19.0 Å². The Morgan fingerprint density at radius 1 is 1.39 bits per heavy atom. The molecule has 23 heavy (non-hydrogen) atoms. The van der Waals surface area contributed by atoms with Gasteiger partial charge < -0.3 is 14.5 Å². The fourth-order valence-electron chi connectivity index (χ4n) is 2.98. The van der Waals surface area contributed by atoms with Crippen LogP contribution in [0.4, 0.5) is 4.79 Å². The molecule has 130 valence electrons. The number of nitrogens with one attached hydrogen (secondary N) is 1. The summed E-state index contributed by atoms with van der Waals surface area (Å²) < 4.78 is 4.74. The van der Waals surface area contributed by atoms with Gasteiger partial charge in [-0.2, -0.15) is 5.10 Å². The number of aromatic nitrogens is 2. The van der Waals surface area contributed by atoms with Gasteiger partial charge in [-0.1, -0.05) is 20.3 Å². The van der Waals surface area contributed by atoms with Crippen molar-refractivity contribution < 1.29 is 9.53 Å². The van der Waals surface area contributed by atoms with Crippen LogP contribution in [0.3, 0.4) is 0 Å². The maximum absolute atomic E-state index is 11.5. The highest BCUT2D eigenvalue weighted by molar-refractivity contribution is 5.68. The summed E-state index contributed by atoms with van der Waals surface area (Å²) in [5, 5.41) is 7.37. The molecule has 0 aromatic carbocycles. The molecule has 0 atom stereocenters. The van der Waals surface area contributed by atoms with E-state index in [9.17, 15) is 4.79 Å². The molecule has 0 radical (unpaired) electrons. The normalized spacial score (nSPS) is 17.4. The highest BCUT2D eigenvalue weighted by Crippen LogP contribution is 2.25. The standard InChI is InChI=1S/C11H17N3O2.C6H13N/c1-7(2)10-8-6-14(11(15)16-3)5-4-9(8)12-13-10;1-7(2)6-4-3-5-6/h7H,4-6H2,1-3H3,(H,12,13);6H,3-5H2,1-2H3. The van der Waals surface area contributed by atoms with Gasteiger partial charge in [0, 0.05) is 30.3 Å². The van der Waals surface area contributed by atoms with Gasteiger partial charge in [-0.3, -0.25) is 5.10 Å². The lowest BCUT2D eigenvalue weighted by Crippen LogP contribution is -2.36. The highest BCUT2D eigenvalue weighted by Gasteiger charge is 2.26. The zero-order valence-electron chi connectivity index (χ0n) is 15.1. The SMILES string of the molecule is CN(C)C1CCC1.COC(=O)N1CCc2[nH]nc(C(C)C)c2C1. The van der Waals surface area contributed by atoms with Crippen LogP contribution in [0.2, 0.25) is 0 Å². The number of carbonyl (C=O) groups excluding carboxylic acids is 1. The van der Waals surface area contributed by atoms with Crippen molar-refractivity contribution in [1.29, 1.82) is 0 Å². The van der Waals surface area contributed by atoms with Crippen molar-refractivity contribution in [3.8, 4) is 0 Å². The molecule has 3 rings (SSSR count). The van der Waals surface area contributed by atoms with Crippen molar-refractivity contribution in [1.82, 2.24) is 20.0 Å². The topological polar surface area (TPSA) is 61.5 Å². The molecule has 1 N–H and O–H groups in total. The Bertz CT molecular complexity index is 521. The average Bonchev–Trinajstić information content (AvgIpc) is 2.87. The smallest absolute Gasteiger partial charge is 0.409 e. The molecule has 0 bridgehead atoms. The number of amides is 1. The number of ether oxygens (including phenoxy) is 1. The maximum Gasteiger partial charge on any atom is 0.409 e. The molecular formula is C17H30N4O2. The third-order valence-electron chi connectivity index (χ3n) is 4.75. The maximum atomic E-state index is 11.5. The minimum absolute atomic E-state index is 0.262. The summed E-state index contributed by atoms with van der Waals surface area (Å²) in [6.07, 6.45) is 4.86. The van der Waals surface area contributed by atoms with Gasteiger partial charge in [0.2, 0.25) is 0 Å². The Kier molecular flexibility index (Phi) is 6.04. The van der Waals surface area contributed by atoms with E-state index in [1.807, 2.05) is 0 Å². The van der Waals surface area contributed by atoms with Gasteiger partial charge in [-0.15, -0.1) is 0 Å². The van der Waals surface area contributed by atoms with Crippen LogP contribution in [-0.4, -0.2) is 59.9 Å². The quantitative estimate of drug-likeness (QED) is 0.909. The third kappa shape index (κ3) is 4.25. The van der Waals surface area contributed by atoms with Gasteiger partial charge >= 0.3 is 6.09 Å². The lowest BCUT2D eigenvalue weighted by Gasteiger charge is -2.31. The monoisotopic (exact) mass is 322 g/mol. The fraction of sp³-hybridized carbons (Fsp3) is 0.765. The first-order valence-corrected chi connectivity index (χ1v) is 8.49. The van der Waals surface area contributed by atoms with Crippen molar-refractivity contribution in [3.05, 3.63) is 17.0 Å². The molecule has 0 saturated heterocycles. The van der Waals surface area contributed by atoms with Gasteiger partial charge in [-0.25, -0.2) is 4.79 Å². The van der Waals surface area contributed by atoms with Crippen LogP contribution in [0.25, 0.3) is 0 Å². The minimum atomic E-state index is -0.262. The van der Waals surface area contributed by atoms with Crippen LogP contribution in [0.1, 0.15) is 56.0 Å². The minimum Gasteiger partial charge on any atom is -0.453 e. The second-order valence-electron chi connectivity index (χ2n) is 6.91. The van der Waals surface area contributed by atoms with Crippen molar-refractivity contribution >= 4 is 6.09 Å². The molecule has 2 heterocycles. The van der Waals surface area contributed by atoms with Crippen molar-refractivity contribution in [2.24, 2.45) is 0 Å². The van der Waals surface area contributed by atoms with E-state index < -0.39 is 0 Å². The first-order valence-electron chi connectivity index (χ1n) is 8.49. The van der Waals surface area contributed by atoms with E-state index in [0.717, 1.165) is 29.4 Å². The van der Waals surface area contributed by atoms with Crippen molar-refractivity contribution in [3.63, 3.8) is 0 Å². The molecule has 1 fully saturated rings. The number of aromatic amines is 1. The largest absolute Gasteiger partial charge is 0.453 e. The molecule has 1 aromatic heterocycles. The second kappa shape index (κ2) is 7.81. The number of hydrogen-bond acceptors (Lipinski definition) is 4. The molecule has 1 aliphatic heterocycles. The highest BCUT2D eigenvalue weighted by atomic mass is 16.5. The van der Waals surface area contributed by atoms with E-state index in [1.165, 1.54) is 26.4 Å². The van der Waals surface area contributed by atoms with E-state index in [4.69, 9.17) is 4.74 Å². The first kappa shape index (κ1) is 17.8. The summed E-state index contributed by atoms with van der Waals surface area (Å²) in [5.41, 5.74) is 3.37. The number of rotatable bonds is 2. The van der Waals surface area contributed by atoms with Crippen LogP contribution in [0, 0.1) is 0 Å². The fourth-order valence-corrected chi connectivity index (χ4v) is 2.98. The number of nitrogens with zero attached hydrogens (tertiary/aromatic N) is 3. The lowest BCUT2D eigenvalue weighted by molar-refractivity contribution is 0.118. The number of H-pyrrole nitrogens is 1. The van der Waals surface area contributed by atoms with E-state index in [2.05, 4.69) is 43.0 Å². The zero-order valence-corrected chi connectivity index (χ0v) is 15.1. The Labute approximate surface area is 139 Å². The summed E-state index contributed by atoms with van der Waals surface area (Å²) in [5.74, 6) is 0.373. The predicted octanol–water partition coefficient (Wildman–Crippen LogP) is 2.76. The average molecular weight is 322 g/mol. The summed E-state index contributed by atoms with van der Waals surface area (Å²) in [4.78, 5) is 15.5. The van der Waals surface area contributed by atoms with Gasteiger partial charge in [0.1, 0.15) is 0 Å². The van der Waals surface area contributed by atoms with Gasteiger partial charge in [-0.05, 0) is 32.9 Å². The van der Waals surface area contributed by atoms with Gasteiger partial charge in [0.25, 0.3) is 0 Å². The molecular weight excluding hydrogens is 292 g/mol. The summed E-state index contributed by atoms with van der Waals surface area (Å²) >= 11 is 0. The van der Waals surface area contributed by atoms with Crippen LogP contribution in [-0.2, 0) is 17.7 Å². The third-order valence-corrected chi connectivity index (χ3v) is 4.75. The lowest BCUT2D eigenvalue weighted by atomic mass is 9.92. The Morgan fingerprint density at radius 2 is 2.09 bits per heavy atom. The molecule has 1 aliphatic carbocycles. The number of hydrogen-bond donors (Lipinski definition) is 1. The second-order valence-corrected chi connectivity index (χ2v) is 6.91. The van der Waals surface area contributed by atoms with E-state index in [-0.39, 0.29) is 6.09 Å². The summed E-state index contributed by atoms with van der Waals surface area (Å²) in [6, 6.07) is 0.917. The van der Waals surface area contributed by atoms with E-state index >= 15 is 0 Å². The summed E-state index contributed by atoms with van der Waals surface area (Å²) in [6.45, 7) is 5.51. The van der Waals surface area contributed by atoms with E-state index in [1.54, 1.807) is 4.90 Å². The molecule has 6 heteroatoms. The van der Waals surface area contributed by atoms with Crippen LogP contribution in [0.5, 0.6) is 0 Å². The van der Waals surface area contributed by atoms with Crippen LogP contribution < -0.4 is 0 Å². The molecule has 1 amide bonds. The van der Waals surface area contributed by atoms with Gasteiger partial charge in [0.05, 0.1) is 19.3 Å². The molecule has 6 nitrogen and oxygen atoms in total. The van der Waals surface area contributed by atoms with Gasteiger partial charge in [0.15, 0.2) is 0 Å². The Hall–Kier alpha value is -1.56. The Morgan fingerprint density at radius 3 is 2.52 bits per heavy atom. The molecule has 1 saturated carbocycles. The first-order chi connectivity index (χ1) is 10.9. The molecule has 1 aromatic rings. The molecule has 2 aliphatic rings. The number of carbonyl (C=O) groups is 1. The van der Waals surface area contributed by atoms with Crippen LogP contribution in [0.15, 0.2) is 0 Å². The summed E-state index contributed by atoms with van der Waals surface area (Å²) in [7, 11) is 5.73. The van der Waals surface area contributed by atoms with Crippen LogP contribution >= 0.6 is 0 Å². The predicted molar refractivity (Wildman–Crippen MR) is 90.5 cm³/mol. The number of fused-ring (bicyclic) bond motifs is 1. The van der Waals surface area contributed by atoms with Crippen molar-refractivity contribution in [2.75, 3.05) is 27.7 Å². The molecule has 0 unspecified atom stereocenters. The Balaban J connectivity index is 0.000000229.